The van der Waals surface area contributed by atoms with Gasteiger partial charge in [-0.15, -0.1) is 11.8 Å². The van der Waals surface area contributed by atoms with Gasteiger partial charge in [-0.05, 0) is 31.2 Å². The lowest BCUT2D eigenvalue weighted by atomic mass is 10.3. The molecule has 1 unspecified atom stereocenters. The molecule has 0 aliphatic heterocycles. The summed E-state index contributed by atoms with van der Waals surface area (Å²) >= 11 is 1.59. The molecule has 3 N–H and O–H groups in total. The van der Waals surface area contributed by atoms with E-state index in [0.29, 0.717) is 5.75 Å². The predicted octanol–water partition coefficient (Wildman–Crippen LogP) is 1.64. The lowest BCUT2D eigenvalue weighted by Gasteiger charge is -2.14. The SMILES string of the molecule is CCCNC(CSc1cccc(OC)c1)C(N)=O. The van der Waals surface area contributed by atoms with Gasteiger partial charge in [0.1, 0.15) is 5.75 Å². The summed E-state index contributed by atoms with van der Waals surface area (Å²) < 4.78 is 5.15. The zero-order chi connectivity index (χ0) is 13.4. The van der Waals surface area contributed by atoms with Crippen LogP contribution >= 0.6 is 11.8 Å². The molecule has 0 fully saturated rings. The first-order valence-electron chi connectivity index (χ1n) is 5.97. The Kier molecular flexibility index (Phi) is 6.60. The Morgan fingerprint density at radius 1 is 1.56 bits per heavy atom. The third-order valence-corrected chi connectivity index (χ3v) is 3.53. The highest BCUT2D eigenvalue weighted by atomic mass is 32.2. The minimum atomic E-state index is -0.307. The van der Waals surface area contributed by atoms with E-state index >= 15 is 0 Å². The van der Waals surface area contributed by atoms with Crippen molar-refractivity contribution in [1.29, 1.82) is 0 Å². The molecule has 1 aromatic carbocycles. The third kappa shape index (κ3) is 4.98. The largest absolute Gasteiger partial charge is 0.497 e. The molecule has 1 atom stereocenters. The lowest BCUT2D eigenvalue weighted by Crippen LogP contribution is -2.43. The smallest absolute Gasteiger partial charge is 0.235 e. The number of methoxy groups -OCH3 is 1. The number of carbonyl (C=O) groups excluding carboxylic acids is 1. The van der Waals surface area contributed by atoms with Gasteiger partial charge in [-0.3, -0.25) is 4.79 Å². The summed E-state index contributed by atoms with van der Waals surface area (Å²) in [7, 11) is 1.64. The van der Waals surface area contributed by atoms with E-state index in [9.17, 15) is 4.79 Å². The highest BCUT2D eigenvalue weighted by Crippen LogP contribution is 2.23. The van der Waals surface area contributed by atoms with Crippen LogP contribution in [0.4, 0.5) is 0 Å². The van der Waals surface area contributed by atoms with Crippen molar-refractivity contribution in [2.75, 3.05) is 19.4 Å². The van der Waals surface area contributed by atoms with Gasteiger partial charge in [0.2, 0.25) is 5.91 Å². The van der Waals surface area contributed by atoms with Crippen LogP contribution in [0.5, 0.6) is 5.75 Å². The molecule has 18 heavy (non-hydrogen) atoms. The van der Waals surface area contributed by atoms with Gasteiger partial charge in [0, 0.05) is 10.6 Å². The van der Waals surface area contributed by atoms with Crippen LogP contribution in [0.25, 0.3) is 0 Å². The zero-order valence-electron chi connectivity index (χ0n) is 10.8. The summed E-state index contributed by atoms with van der Waals surface area (Å²) in [5.74, 6) is 1.14. The molecular formula is C13H20N2O2S. The number of primary amides is 1. The van der Waals surface area contributed by atoms with Crippen molar-refractivity contribution < 1.29 is 9.53 Å². The maximum Gasteiger partial charge on any atom is 0.235 e. The molecule has 0 aliphatic rings. The van der Waals surface area contributed by atoms with Crippen LogP contribution in [0, 0.1) is 0 Å². The first-order chi connectivity index (χ1) is 8.67. The van der Waals surface area contributed by atoms with E-state index in [4.69, 9.17) is 10.5 Å². The Morgan fingerprint density at radius 3 is 2.94 bits per heavy atom. The van der Waals surface area contributed by atoms with E-state index in [1.807, 2.05) is 24.3 Å². The molecule has 0 saturated heterocycles. The van der Waals surface area contributed by atoms with Crippen molar-refractivity contribution in [3.63, 3.8) is 0 Å². The minimum Gasteiger partial charge on any atom is -0.497 e. The van der Waals surface area contributed by atoms with Gasteiger partial charge in [-0.1, -0.05) is 13.0 Å². The topological polar surface area (TPSA) is 64.3 Å². The van der Waals surface area contributed by atoms with Crippen molar-refractivity contribution in [3.05, 3.63) is 24.3 Å². The molecule has 0 aliphatic carbocycles. The van der Waals surface area contributed by atoms with Gasteiger partial charge in [0.05, 0.1) is 13.2 Å². The fraction of sp³-hybridized carbons (Fsp3) is 0.462. The molecule has 4 nitrogen and oxygen atoms in total. The van der Waals surface area contributed by atoms with E-state index in [-0.39, 0.29) is 11.9 Å². The molecule has 1 aromatic rings. The standard InChI is InChI=1S/C13H20N2O2S/c1-3-7-15-12(13(14)16)9-18-11-6-4-5-10(8-11)17-2/h4-6,8,12,15H,3,7,9H2,1-2H3,(H2,14,16). The average molecular weight is 268 g/mol. The van der Waals surface area contributed by atoms with Crippen LogP contribution < -0.4 is 15.8 Å². The number of nitrogens with two attached hydrogens (primary N) is 1. The van der Waals surface area contributed by atoms with Crippen molar-refractivity contribution >= 4 is 17.7 Å². The van der Waals surface area contributed by atoms with E-state index in [1.54, 1.807) is 18.9 Å². The zero-order valence-corrected chi connectivity index (χ0v) is 11.6. The van der Waals surface area contributed by atoms with Crippen LogP contribution in [0.3, 0.4) is 0 Å². The van der Waals surface area contributed by atoms with Gasteiger partial charge in [-0.25, -0.2) is 0 Å². The second kappa shape index (κ2) is 8.00. The summed E-state index contributed by atoms with van der Waals surface area (Å²) in [5.41, 5.74) is 5.36. The molecule has 1 amide bonds. The number of benzene rings is 1. The monoisotopic (exact) mass is 268 g/mol. The number of hydrogen-bond donors (Lipinski definition) is 2. The lowest BCUT2D eigenvalue weighted by molar-refractivity contribution is -0.119. The van der Waals surface area contributed by atoms with Crippen LogP contribution in [-0.4, -0.2) is 31.4 Å². The Hall–Kier alpha value is -1.20. The summed E-state index contributed by atoms with van der Waals surface area (Å²) in [6.45, 7) is 2.85. The maximum atomic E-state index is 11.3. The molecule has 0 heterocycles. The highest BCUT2D eigenvalue weighted by molar-refractivity contribution is 7.99. The highest BCUT2D eigenvalue weighted by Gasteiger charge is 2.14. The molecular weight excluding hydrogens is 248 g/mol. The number of rotatable bonds is 8. The van der Waals surface area contributed by atoms with Gasteiger partial charge < -0.3 is 15.8 Å². The van der Waals surface area contributed by atoms with Crippen LogP contribution in [-0.2, 0) is 4.79 Å². The van der Waals surface area contributed by atoms with Crippen molar-refractivity contribution in [2.45, 2.75) is 24.3 Å². The van der Waals surface area contributed by atoms with Crippen LogP contribution in [0.2, 0.25) is 0 Å². The molecule has 100 valence electrons. The average Bonchev–Trinajstić information content (AvgIpc) is 2.38. The molecule has 0 saturated carbocycles. The van der Waals surface area contributed by atoms with Crippen molar-refractivity contribution in [2.24, 2.45) is 5.73 Å². The number of hydrogen-bond acceptors (Lipinski definition) is 4. The first kappa shape index (κ1) is 14.9. The molecule has 0 bridgehead atoms. The Balaban J connectivity index is 2.52. The fourth-order valence-electron chi connectivity index (χ4n) is 1.43. The second-order valence-corrected chi connectivity index (χ2v) is 4.99. The summed E-state index contributed by atoms with van der Waals surface area (Å²) in [4.78, 5) is 12.3. The molecule has 1 rings (SSSR count). The van der Waals surface area contributed by atoms with Gasteiger partial charge in [-0.2, -0.15) is 0 Å². The quantitative estimate of drug-likeness (QED) is 0.704. The summed E-state index contributed by atoms with van der Waals surface area (Å²) in [6, 6.07) is 7.47. The Bertz CT molecular complexity index is 385. The van der Waals surface area contributed by atoms with Gasteiger partial charge in [0.25, 0.3) is 0 Å². The first-order valence-corrected chi connectivity index (χ1v) is 6.95. The maximum absolute atomic E-state index is 11.3. The fourth-order valence-corrected chi connectivity index (χ4v) is 2.45. The van der Waals surface area contributed by atoms with Crippen molar-refractivity contribution in [1.82, 2.24) is 5.32 Å². The molecule has 0 radical (unpaired) electrons. The summed E-state index contributed by atoms with van der Waals surface area (Å²) in [6.07, 6.45) is 0.980. The second-order valence-electron chi connectivity index (χ2n) is 3.90. The van der Waals surface area contributed by atoms with Crippen molar-refractivity contribution in [3.8, 4) is 5.75 Å². The third-order valence-electron chi connectivity index (χ3n) is 2.44. The van der Waals surface area contributed by atoms with Gasteiger partial charge in [0.15, 0.2) is 0 Å². The normalized spacial score (nSPS) is 12.1. The number of amides is 1. The van der Waals surface area contributed by atoms with E-state index in [0.717, 1.165) is 23.6 Å². The number of carbonyl (C=O) groups is 1. The van der Waals surface area contributed by atoms with Crippen LogP contribution in [0.1, 0.15) is 13.3 Å². The summed E-state index contributed by atoms with van der Waals surface area (Å²) in [5, 5.41) is 3.14. The van der Waals surface area contributed by atoms with Gasteiger partial charge >= 0.3 is 0 Å². The number of thioether (sulfide) groups is 1. The Labute approximate surface area is 112 Å². The van der Waals surface area contributed by atoms with E-state index in [1.165, 1.54) is 0 Å². The van der Waals surface area contributed by atoms with Crippen LogP contribution in [0.15, 0.2) is 29.2 Å². The molecule has 5 heteroatoms. The minimum absolute atomic E-state index is 0.291. The Morgan fingerprint density at radius 2 is 2.33 bits per heavy atom. The molecule has 0 spiro atoms. The molecule has 0 aromatic heterocycles. The number of nitrogens with one attached hydrogen (secondary N) is 1. The number of ether oxygens (including phenoxy) is 1. The predicted molar refractivity (Wildman–Crippen MR) is 75.0 cm³/mol. The van der Waals surface area contributed by atoms with E-state index in [2.05, 4.69) is 12.2 Å². The van der Waals surface area contributed by atoms with E-state index < -0.39 is 0 Å².